The second-order valence-electron chi connectivity index (χ2n) is 10.5. The number of nitrogens with zero attached hydrogens (tertiary/aromatic N) is 2. The Bertz CT molecular complexity index is 1560. The first-order valence-electron chi connectivity index (χ1n) is 13.7. The summed E-state index contributed by atoms with van der Waals surface area (Å²) in [5.74, 6) is -1.23. The molecule has 0 bridgehead atoms. The third-order valence-corrected chi connectivity index (χ3v) is 9.15. The number of hydrogen-bond acceptors (Lipinski definition) is 4. The summed E-state index contributed by atoms with van der Waals surface area (Å²) >= 11 is 5.82. The van der Waals surface area contributed by atoms with E-state index >= 15 is 0 Å². The summed E-state index contributed by atoms with van der Waals surface area (Å²) in [5.41, 5.74) is 0.707. The normalized spacial score (nSPS) is 13.2. The summed E-state index contributed by atoms with van der Waals surface area (Å²) in [6.07, 6.45) is -4.23. The van der Waals surface area contributed by atoms with E-state index in [0.717, 1.165) is 23.3 Å². The summed E-state index contributed by atoms with van der Waals surface area (Å²) in [5, 5.41) is 2.22. The van der Waals surface area contributed by atoms with Crippen LogP contribution in [-0.2, 0) is 32.3 Å². The van der Waals surface area contributed by atoms with Crippen molar-refractivity contribution < 1.29 is 31.2 Å². The minimum atomic E-state index is -4.88. The molecule has 1 N–H and O–H groups in total. The average Bonchev–Trinajstić information content (AvgIpc) is 2.94. The van der Waals surface area contributed by atoms with Crippen molar-refractivity contribution in [3.8, 4) is 0 Å². The molecule has 0 heterocycles. The fourth-order valence-electron chi connectivity index (χ4n) is 4.31. The highest BCUT2D eigenvalue weighted by atomic mass is 35.5. The lowest BCUT2D eigenvalue weighted by molar-refractivity contribution is -0.139. The molecule has 0 aliphatic heterocycles. The van der Waals surface area contributed by atoms with Crippen molar-refractivity contribution in [2.24, 2.45) is 0 Å². The number of benzene rings is 3. The fourth-order valence-corrected chi connectivity index (χ4v) is 5.94. The van der Waals surface area contributed by atoms with E-state index in [4.69, 9.17) is 11.6 Å². The zero-order chi connectivity index (χ0) is 32.1. The van der Waals surface area contributed by atoms with Gasteiger partial charge >= 0.3 is 6.18 Å². The van der Waals surface area contributed by atoms with E-state index in [-0.39, 0.29) is 17.5 Å². The van der Waals surface area contributed by atoms with Crippen molar-refractivity contribution in [2.45, 2.75) is 70.7 Å². The van der Waals surface area contributed by atoms with E-state index < -0.39 is 56.9 Å². The van der Waals surface area contributed by atoms with E-state index in [9.17, 15) is 31.2 Å². The first kappa shape index (κ1) is 33.9. The largest absolute Gasteiger partial charge is 0.417 e. The molecule has 0 aliphatic carbocycles. The van der Waals surface area contributed by atoms with E-state index in [1.165, 1.54) is 24.0 Å². The smallest absolute Gasteiger partial charge is 0.352 e. The van der Waals surface area contributed by atoms with Crippen molar-refractivity contribution in [1.29, 1.82) is 0 Å². The number of hydrogen-bond donors (Lipinski definition) is 1. The van der Waals surface area contributed by atoms with Crippen LogP contribution in [0.3, 0.4) is 0 Å². The number of anilines is 1. The first-order valence-corrected chi connectivity index (χ1v) is 15.5. The molecule has 12 heteroatoms. The molecule has 0 spiro atoms. The SMILES string of the molecule is CC[C@H](C)NC(=O)[C@@H](C)N(Cc1cccc(C)c1)C(=O)CN(c1ccc(Cl)c(C(F)(F)F)c1)S(=O)(=O)c1ccc(C)cc1. The maximum absolute atomic E-state index is 14.0. The molecule has 7 nitrogen and oxygen atoms in total. The predicted octanol–water partition coefficient (Wildman–Crippen LogP) is 6.50. The Kier molecular flexibility index (Phi) is 10.9. The second-order valence-corrected chi connectivity index (χ2v) is 12.8. The quantitative estimate of drug-likeness (QED) is 0.260. The molecule has 2 amide bonds. The van der Waals surface area contributed by atoms with E-state index in [2.05, 4.69) is 5.32 Å². The van der Waals surface area contributed by atoms with Crippen LogP contribution in [0.4, 0.5) is 18.9 Å². The number of nitrogens with one attached hydrogen (secondary N) is 1. The third-order valence-electron chi connectivity index (χ3n) is 7.03. The predicted molar refractivity (Wildman–Crippen MR) is 161 cm³/mol. The van der Waals surface area contributed by atoms with Gasteiger partial charge in [0.25, 0.3) is 10.0 Å². The number of rotatable bonds is 11. The van der Waals surface area contributed by atoms with Gasteiger partial charge < -0.3 is 10.2 Å². The van der Waals surface area contributed by atoms with Gasteiger partial charge in [0.05, 0.1) is 21.2 Å². The third kappa shape index (κ3) is 8.51. The highest BCUT2D eigenvalue weighted by Crippen LogP contribution is 2.38. The number of amides is 2. The van der Waals surface area contributed by atoms with Crippen LogP contribution in [0.1, 0.15) is 49.4 Å². The molecule has 3 rings (SSSR count). The minimum Gasteiger partial charge on any atom is -0.352 e. The van der Waals surface area contributed by atoms with Crippen molar-refractivity contribution >= 4 is 39.1 Å². The number of carbonyl (C=O) groups is 2. The molecule has 0 saturated heterocycles. The van der Waals surface area contributed by atoms with Gasteiger partial charge in [-0.2, -0.15) is 13.2 Å². The van der Waals surface area contributed by atoms with Crippen LogP contribution in [0.5, 0.6) is 0 Å². The molecule has 0 saturated carbocycles. The van der Waals surface area contributed by atoms with Gasteiger partial charge in [0.2, 0.25) is 11.8 Å². The molecule has 232 valence electrons. The molecule has 0 radical (unpaired) electrons. The fraction of sp³-hybridized carbons (Fsp3) is 0.355. The van der Waals surface area contributed by atoms with Crippen LogP contribution in [0.25, 0.3) is 0 Å². The van der Waals surface area contributed by atoms with Crippen LogP contribution >= 0.6 is 11.6 Å². The van der Waals surface area contributed by atoms with E-state index in [1.54, 1.807) is 31.2 Å². The summed E-state index contributed by atoms with van der Waals surface area (Å²) in [7, 11) is -4.55. The highest BCUT2D eigenvalue weighted by molar-refractivity contribution is 7.92. The van der Waals surface area contributed by atoms with Crippen LogP contribution in [0, 0.1) is 13.8 Å². The topological polar surface area (TPSA) is 86.8 Å². The van der Waals surface area contributed by atoms with Gasteiger partial charge in [-0.3, -0.25) is 13.9 Å². The van der Waals surface area contributed by atoms with Crippen LogP contribution in [0.2, 0.25) is 5.02 Å². The second kappa shape index (κ2) is 13.8. The monoisotopic (exact) mass is 637 g/mol. The van der Waals surface area contributed by atoms with Gasteiger partial charge in [0, 0.05) is 12.6 Å². The lowest BCUT2D eigenvalue weighted by atomic mass is 10.1. The Morgan fingerprint density at radius 1 is 0.953 bits per heavy atom. The molecule has 0 aromatic heterocycles. The molecule has 2 atom stereocenters. The first-order chi connectivity index (χ1) is 20.0. The molecular formula is C31H35ClF3N3O4S. The molecule has 43 heavy (non-hydrogen) atoms. The lowest BCUT2D eigenvalue weighted by Crippen LogP contribution is -2.52. The van der Waals surface area contributed by atoms with Crippen LogP contribution in [-0.4, -0.2) is 43.8 Å². The van der Waals surface area contributed by atoms with E-state index in [0.29, 0.717) is 22.4 Å². The van der Waals surface area contributed by atoms with Gasteiger partial charge in [-0.05, 0) is 70.0 Å². The Hall–Kier alpha value is -3.57. The molecule has 0 aliphatic rings. The van der Waals surface area contributed by atoms with Crippen molar-refractivity contribution in [1.82, 2.24) is 10.2 Å². The van der Waals surface area contributed by atoms with Crippen LogP contribution < -0.4 is 9.62 Å². The van der Waals surface area contributed by atoms with Gasteiger partial charge in [0.15, 0.2) is 0 Å². The summed E-state index contributed by atoms with van der Waals surface area (Å²) in [4.78, 5) is 28.1. The number of carbonyl (C=O) groups excluding carboxylic acids is 2. The number of aryl methyl sites for hydroxylation is 2. The molecule has 0 unspecified atom stereocenters. The number of halogens is 4. The van der Waals surface area contributed by atoms with E-state index in [1.807, 2.05) is 32.9 Å². The van der Waals surface area contributed by atoms with Gasteiger partial charge in [-0.15, -0.1) is 0 Å². The number of sulfonamides is 1. The molecule has 3 aromatic carbocycles. The van der Waals surface area contributed by atoms with Gasteiger partial charge in [0.1, 0.15) is 12.6 Å². The van der Waals surface area contributed by atoms with Crippen LogP contribution in [0.15, 0.2) is 71.6 Å². The zero-order valence-electron chi connectivity index (χ0n) is 24.6. The van der Waals surface area contributed by atoms with Gasteiger partial charge in [-0.1, -0.05) is 66.0 Å². The maximum atomic E-state index is 14.0. The van der Waals surface area contributed by atoms with Gasteiger partial charge in [-0.25, -0.2) is 8.42 Å². The summed E-state index contributed by atoms with van der Waals surface area (Å²) < 4.78 is 69.8. The lowest BCUT2D eigenvalue weighted by Gasteiger charge is -2.32. The average molecular weight is 638 g/mol. The summed E-state index contributed by atoms with van der Waals surface area (Å²) in [6, 6.07) is 14.4. The Labute approximate surface area is 255 Å². The maximum Gasteiger partial charge on any atom is 0.417 e. The minimum absolute atomic E-state index is 0.0392. The molecule has 3 aromatic rings. The Morgan fingerprint density at radius 2 is 1.60 bits per heavy atom. The Balaban J connectivity index is 2.12. The standard InChI is InChI=1S/C31H35ClF3N3O4S/c1-6-22(4)36-30(40)23(5)37(18-24-9-7-8-21(3)16-24)29(39)19-38(43(41,42)26-13-10-20(2)11-14-26)25-12-15-28(32)27(17-25)31(33,34)35/h7-17,22-23H,6,18-19H2,1-5H3,(H,36,40)/t22-,23+/m0/s1. The van der Waals surface area contributed by atoms with Crippen molar-refractivity contribution in [3.63, 3.8) is 0 Å². The highest BCUT2D eigenvalue weighted by Gasteiger charge is 2.37. The van der Waals surface area contributed by atoms with Crippen molar-refractivity contribution in [2.75, 3.05) is 10.8 Å². The summed E-state index contributed by atoms with van der Waals surface area (Å²) in [6.45, 7) is 7.93. The molecular weight excluding hydrogens is 603 g/mol. The number of alkyl halides is 3. The Morgan fingerprint density at radius 3 is 2.19 bits per heavy atom. The molecule has 0 fully saturated rings. The van der Waals surface area contributed by atoms with Crippen molar-refractivity contribution in [3.05, 3.63) is 94.0 Å². The zero-order valence-corrected chi connectivity index (χ0v) is 26.1.